The molecule has 0 radical (unpaired) electrons. The number of hydrogen-bond acceptors (Lipinski definition) is 6. The second kappa shape index (κ2) is 4.96. The van der Waals surface area contributed by atoms with Gasteiger partial charge in [-0.25, -0.2) is 0 Å². The second-order valence-electron chi connectivity index (χ2n) is 3.76. The highest BCUT2D eigenvalue weighted by atomic mass is 16.6. The third-order valence-corrected chi connectivity index (χ3v) is 2.71. The molecule has 0 N–H and O–H groups in total. The fourth-order valence-corrected chi connectivity index (χ4v) is 1.93. The first-order valence-electron chi connectivity index (χ1n) is 5.35. The SMILES string of the molecule is O=[N+]([O-])c1cccc([N+](=O)[O-])c1N1CCOCC1. The third kappa shape index (κ3) is 2.23. The Morgan fingerprint density at radius 1 is 1.06 bits per heavy atom. The molecule has 1 aromatic carbocycles. The van der Waals surface area contributed by atoms with Crippen LogP contribution >= 0.6 is 0 Å². The Kier molecular flexibility index (Phi) is 3.38. The molecular formula is C10H11N3O5. The van der Waals surface area contributed by atoms with E-state index in [4.69, 9.17) is 4.74 Å². The van der Waals surface area contributed by atoms with Gasteiger partial charge in [0.1, 0.15) is 0 Å². The van der Waals surface area contributed by atoms with Gasteiger partial charge in [-0.2, -0.15) is 0 Å². The van der Waals surface area contributed by atoms with Crippen LogP contribution in [-0.2, 0) is 4.74 Å². The fourth-order valence-electron chi connectivity index (χ4n) is 1.93. The molecule has 0 unspecified atom stereocenters. The molecule has 0 atom stereocenters. The van der Waals surface area contributed by atoms with Crippen LogP contribution in [0.4, 0.5) is 17.1 Å². The van der Waals surface area contributed by atoms with E-state index in [1.54, 1.807) is 4.90 Å². The van der Waals surface area contributed by atoms with Gasteiger partial charge < -0.3 is 9.64 Å². The van der Waals surface area contributed by atoms with Gasteiger partial charge in [0.25, 0.3) is 11.4 Å². The van der Waals surface area contributed by atoms with Gasteiger partial charge in [-0.15, -0.1) is 0 Å². The maximum atomic E-state index is 11.0. The first-order chi connectivity index (χ1) is 8.61. The van der Waals surface area contributed by atoms with Crippen molar-refractivity contribution in [2.24, 2.45) is 0 Å². The monoisotopic (exact) mass is 253 g/mol. The third-order valence-electron chi connectivity index (χ3n) is 2.71. The zero-order chi connectivity index (χ0) is 13.1. The van der Waals surface area contributed by atoms with Gasteiger partial charge in [0, 0.05) is 25.2 Å². The van der Waals surface area contributed by atoms with Gasteiger partial charge in [-0.1, -0.05) is 0 Å². The molecule has 1 aliphatic heterocycles. The Morgan fingerprint density at radius 2 is 1.56 bits per heavy atom. The summed E-state index contributed by atoms with van der Waals surface area (Å²) >= 11 is 0. The average Bonchev–Trinajstić information content (AvgIpc) is 2.38. The molecule has 1 heterocycles. The fraction of sp³-hybridized carbons (Fsp3) is 0.400. The minimum atomic E-state index is -0.599. The van der Waals surface area contributed by atoms with E-state index in [1.165, 1.54) is 18.2 Å². The van der Waals surface area contributed by atoms with Crippen molar-refractivity contribution in [3.63, 3.8) is 0 Å². The Labute approximate surface area is 102 Å². The smallest absolute Gasteiger partial charge is 0.299 e. The maximum Gasteiger partial charge on any atom is 0.299 e. The van der Waals surface area contributed by atoms with E-state index in [0.29, 0.717) is 26.3 Å². The predicted octanol–water partition coefficient (Wildman–Crippen LogP) is 1.34. The van der Waals surface area contributed by atoms with Crippen LogP contribution in [0.2, 0.25) is 0 Å². The lowest BCUT2D eigenvalue weighted by Crippen LogP contribution is -2.37. The Balaban J connectivity index is 2.52. The van der Waals surface area contributed by atoms with Gasteiger partial charge >= 0.3 is 0 Å². The number of hydrogen-bond donors (Lipinski definition) is 0. The average molecular weight is 253 g/mol. The van der Waals surface area contributed by atoms with Crippen molar-refractivity contribution < 1.29 is 14.6 Å². The lowest BCUT2D eigenvalue weighted by atomic mass is 10.2. The van der Waals surface area contributed by atoms with E-state index in [1.807, 2.05) is 0 Å². The van der Waals surface area contributed by atoms with E-state index in [-0.39, 0.29) is 17.1 Å². The molecule has 0 aliphatic carbocycles. The van der Waals surface area contributed by atoms with Gasteiger partial charge in [-0.05, 0) is 6.07 Å². The normalized spacial score (nSPS) is 15.4. The lowest BCUT2D eigenvalue weighted by molar-refractivity contribution is -0.392. The minimum Gasteiger partial charge on any atom is -0.378 e. The summed E-state index contributed by atoms with van der Waals surface area (Å²) in [5.41, 5.74) is -0.423. The van der Waals surface area contributed by atoms with Crippen molar-refractivity contribution in [1.29, 1.82) is 0 Å². The standard InChI is InChI=1S/C10H11N3O5/c14-12(15)8-2-1-3-9(13(16)17)10(8)11-4-6-18-7-5-11/h1-3H,4-7H2. The molecular weight excluding hydrogens is 242 g/mol. The number of para-hydroxylation sites is 1. The van der Waals surface area contributed by atoms with Gasteiger partial charge in [0.05, 0.1) is 23.1 Å². The molecule has 8 nitrogen and oxygen atoms in total. The molecule has 0 bridgehead atoms. The Morgan fingerprint density at radius 3 is 2.00 bits per heavy atom. The van der Waals surface area contributed by atoms with Gasteiger partial charge in [-0.3, -0.25) is 20.2 Å². The number of nitro groups is 2. The molecule has 1 fully saturated rings. The Hall–Kier alpha value is -2.22. The van der Waals surface area contributed by atoms with Crippen LogP contribution in [0.1, 0.15) is 0 Å². The number of ether oxygens (including phenoxy) is 1. The minimum absolute atomic E-state index is 0.0656. The van der Waals surface area contributed by atoms with E-state index < -0.39 is 9.85 Å². The lowest BCUT2D eigenvalue weighted by Gasteiger charge is -2.27. The first kappa shape index (κ1) is 12.2. The van der Waals surface area contributed by atoms with Crippen LogP contribution in [-0.4, -0.2) is 36.1 Å². The summed E-state index contributed by atoms with van der Waals surface area (Å²) in [6.45, 7) is 1.63. The Bertz CT molecular complexity index is 452. The van der Waals surface area contributed by atoms with Crippen LogP contribution in [0.15, 0.2) is 18.2 Å². The molecule has 0 saturated carbocycles. The number of benzene rings is 1. The van der Waals surface area contributed by atoms with Gasteiger partial charge in [0.2, 0.25) is 0 Å². The number of rotatable bonds is 3. The highest BCUT2D eigenvalue weighted by Crippen LogP contribution is 2.37. The molecule has 0 spiro atoms. The van der Waals surface area contributed by atoms with E-state index in [0.717, 1.165) is 0 Å². The molecule has 1 saturated heterocycles. The number of morpholine rings is 1. The van der Waals surface area contributed by atoms with Crippen molar-refractivity contribution in [1.82, 2.24) is 0 Å². The number of anilines is 1. The van der Waals surface area contributed by atoms with Crippen LogP contribution < -0.4 is 4.90 Å². The number of nitro benzene ring substituents is 2. The van der Waals surface area contributed by atoms with Crippen molar-refractivity contribution in [3.05, 3.63) is 38.4 Å². The molecule has 8 heteroatoms. The van der Waals surface area contributed by atoms with Crippen LogP contribution in [0.5, 0.6) is 0 Å². The quantitative estimate of drug-likeness (QED) is 0.595. The zero-order valence-corrected chi connectivity index (χ0v) is 9.44. The highest BCUT2D eigenvalue weighted by Gasteiger charge is 2.30. The van der Waals surface area contributed by atoms with Crippen LogP contribution in [0, 0.1) is 20.2 Å². The zero-order valence-electron chi connectivity index (χ0n) is 9.44. The summed E-state index contributed by atoms with van der Waals surface area (Å²) < 4.78 is 5.14. The van der Waals surface area contributed by atoms with Crippen LogP contribution in [0.3, 0.4) is 0 Å². The summed E-state index contributed by atoms with van der Waals surface area (Å²) in [5, 5.41) is 21.9. The summed E-state index contributed by atoms with van der Waals surface area (Å²) in [6.07, 6.45) is 0. The molecule has 96 valence electrons. The van der Waals surface area contributed by atoms with E-state index in [2.05, 4.69) is 0 Å². The topological polar surface area (TPSA) is 98.8 Å². The molecule has 0 amide bonds. The molecule has 0 aromatic heterocycles. The summed E-state index contributed by atoms with van der Waals surface area (Å²) in [7, 11) is 0. The van der Waals surface area contributed by atoms with E-state index in [9.17, 15) is 20.2 Å². The van der Waals surface area contributed by atoms with Crippen LogP contribution in [0.25, 0.3) is 0 Å². The molecule has 18 heavy (non-hydrogen) atoms. The largest absolute Gasteiger partial charge is 0.378 e. The highest BCUT2D eigenvalue weighted by molar-refractivity contribution is 5.75. The molecule has 1 aliphatic rings. The van der Waals surface area contributed by atoms with Gasteiger partial charge in [0.15, 0.2) is 5.69 Å². The summed E-state index contributed by atoms with van der Waals surface area (Å²) in [5.74, 6) is 0. The van der Waals surface area contributed by atoms with E-state index >= 15 is 0 Å². The van der Waals surface area contributed by atoms with Crippen molar-refractivity contribution in [2.45, 2.75) is 0 Å². The summed E-state index contributed by atoms with van der Waals surface area (Å²) in [6, 6.07) is 3.87. The molecule has 1 aromatic rings. The second-order valence-corrected chi connectivity index (χ2v) is 3.76. The number of nitrogens with zero attached hydrogens (tertiary/aromatic N) is 3. The predicted molar refractivity (Wildman–Crippen MR) is 62.8 cm³/mol. The first-order valence-corrected chi connectivity index (χ1v) is 5.35. The van der Waals surface area contributed by atoms with Crippen molar-refractivity contribution in [3.8, 4) is 0 Å². The maximum absolute atomic E-state index is 11.0. The van der Waals surface area contributed by atoms with Crippen molar-refractivity contribution in [2.75, 3.05) is 31.2 Å². The summed E-state index contributed by atoms with van der Waals surface area (Å²) in [4.78, 5) is 22.4. The molecule has 2 rings (SSSR count). The van der Waals surface area contributed by atoms with Crippen molar-refractivity contribution >= 4 is 17.1 Å².